The second kappa shape index (κ2) is 17.9. The quantitative estimate of drug-likeness (QED) is 0.141. The van der Waals surface area contributed by atoms with Crippen LogP contribution in [0.25, 0.3) is 0 Å². The van der Waals surface area contributed by atoms with Crippen LogP contribution in [0.15, 0.2) is 26.8 Å². The minimum atomic E-state index is -0.473. The summed E-state index contributed by atoms with van der Waals surface area (Å²) in [4.78, 5) is 23.6. The second-order valence-corrected chi connectivity index (χ2v) is 25.1. The lowest BCUT2D eigenvalue weighted by atomic mass is 9.41. The SMILES string of the molecule is C=C1N=C(CC[C@@H](C)[C@H]2CCC3C4C(CC[C@@]32C)[C@@]2(C)CC[C@@H](O)C[C@H]2[C@@H](CC)[C@H]4O)NO1.CC[C@H]1[C@@H](O)C2C3CC[C@H]([C@H](C)Cc4noc(=O)[nH]4)[C@@]3(C)CCC2[C@@]2(C)CC[C@@H](O)C[C@@H]12.[HH]. The highest BCUT2D eigenvalue weighted by Gasteiger charge is 2.67. The summed E-state index contributed by atoms with van der Waals surface area (Å²) in [6.07, 6.45) is 19.7. The number of hydroxylamine groups is 1. The van der Waals surface area contributed by atoms with Gasteiger partial charge in [-0.3, -0.25) is 9.51 Å². The molecule has 10 rings (SSSR count). The number of aliphatic hydroxyl groups excluding tert-OH is 4. The van der Waals surface area contributed by atoms with E-state index in [4.69, 9.17) is 9.36 Å². The molecule has 8 saturated carbocycles. The first-order chi connectivity index (χ1) is 30.9. The van der Waals surface area contributed by atoms with Crippen molar-refractivity contribution in [2.75, 3.05) is 0 Å². The van der Waals surface area contributed by atoms with E-state index < -0.39 is 5.76 Å². The first-order valence-electron chi connectivity index (χ1n) is 26.8. The zero-order valence-electron chi connectivity index (χ0n) is 41.4. The van der Waals surface area contributed by atoms with Gasteiger partial charge in [0.2, 0.25) is 5.88 Å². The first kappa shape index (κ1) is 47.8. The molecule has 8 aliphatic carbocycles. The van der Waals surface area contributed by atoms with Gasteiger partial charge in [-0.2, -0.15) is 4.99 Å². The largest absolute Gasteiger partial charge is 0.438 e. The molecule has 0 bridgehead atoms. The number of nitrogens with zero attached hydrogens (tertiary/aromatic N) is 2. The standard InChI is InChI=1S/C28H46N2O3.C26H42N2O4.H2/c1-6-19-23-15-18(31)11-13-28(23,5)22-12-14-27(4)20(8-9-21(27)25(22)26(19)32)16(2)7-10-24-29-17(3)33-30-24;1-5-16-20-13-15(29)8-10-26(20,4)19-9-11-25(3)17(6-7-18(25)22(19)23(16)30)14(2)12-21-27-24(31)32-28-21;/h16,18-23,25-26,31-32H,3,6-15H2,1-2,4-5H3,(H,29,30);14-20,22-23,29-30H,5-13H2,1-4H3,(H,27,28,31);1H/t16-,18-,19-,20-,21?,22?,23+,25?,26-,27-,28-;14-,15-,16-,17-,18?,19?,20+,22?,23-,25-,26-;/m11./s1. The van der Waals surface area contributed by atoms with Crippen LogP contribution < -0.4 is 11.2 Å². The molecule has 65 heavy (non-hydrogen) atoms. The predicted molar refractivity (Wildman–Crippen MR) is 255 cm³/mol. The van der Waals surface area contributed by atoms with Crippen molar-refractivity contribution in [3.05, 3.63) is 28.8 Å². The van der Waals surface area contributed by atoms with Crippen LogP contribution in [-0.4, -0.2) is 60.8 Å². The Bertz CT molecular complexity index is 1960. The van der Waals surface area contributed by atoms with Gasteiger partial charge in [0, 0.05) is 14.3 Å². The maximum atomic E-state index is 11.8. The van der Waals surface area contributed by atoms with E-state index in [1.165, 1.54) is 51.4 Å². The molecule has 22 atom stereocenters. The molecule has 0 amide bonds. The van der Waals surface area contributed by atoms with Crippen LogP contribution in [0.3, 0.4) is 0 Å². The minimum absolute atomic E-state index is 0. The van der Waals surface area contributed by atoms with Crippen LogP contribution in [0.5, 0.6) is 0 Å². The summed E-state index contributed by atoms with van der Waals surface area (Å²) in [5.74, 6) is 8.59. The molecule has 1 aliphatic heterocycles. The van der Waals surface area contributed by atoms with Gasteiger partial charge in [-0.25, -0.2) is 10.3 Å². The number of rotatable bonds is 9. The first-order valence-corrected chi connectivity index (χ1v) is 26.8. The molecule has 11 heteroatoms. The monoisotopic (exact) mass is 907 g/mol. The fourth-order valence-corrected chi connectivity index (χ4v) is 19.6. The Balaban J connectivity index is 0.000000177. The summed E-state index contributed by atoms with van der Waals surface area (Å²) < 4.78 is 4.73. The number of fused-ring (bicyclic) bond motifs is 10. The number of amidine groups is 1. The Morgan fingerprint density at radius 1 is 0.692 bits per heavy atom. The molecule has 0 radical (unpaired) electrons. The number of H-pyrrole nitrogens is 1. The van der Waals surface area contributed by atoms with Gasteiger partial charge in [-0.15, -0.1) is 0 Å². The molecular weight excluding hydrogens is 817 g/mol. The predicted octanol–water partition coefficient (Wildman–Crippen LogP) is 9.85. The number of aliphatic imine (C=N–C) groups is 1. The van der Waals surface area contributed by atoms with Crippen LogP contribution in [-0.2, 0) is 11.3 Å². The van der Waals surface area contributed by atoms with Crippen LogP contribution in [0.2, 0.25) is 0 Å². The van der Waals surface area contributed by atoms with Crippen molar-refractivity contribution in [1.29, 1.82) is 0 Å². The average Bonchev–Trinajstić information content (AvgIpc) is 4.06. The lowest BCUT2D eigenvalue weighted by Gasteiger charge is -2.64. The second-order valence-electron chi connectivity index (χ2n) is 25.1. The molecule has 0 spiro atoms. The van der Waals surface area contributed by atoms with Gasteiger partial charge in [0.15, 0.2) is 5.82 Å². The third-order valence-corrected chi connectivity index (χ3v) is 22.7. The average molecular weight is 907 g/mol. The molecule has 0 saturated heterocycles. The molecule has 0 aromatic carbocycles. The maximum absolute atomic E-state index is 11.8. The van der Waals surface area contributed by atoms with Crippen molar-refractivity contribution in [1.82, 2.24) is 15.6 Å². The normalized spacial score (nSPS) is 49.5. The molecular formula is C54H90N4O7. The minimum Gasteiger partial charge on any atom is -0.393 e. The summed E-state index contributed by atoms with van der Waals surface area (Å²) in [5.41, 5.74) is 3.98. The number of hydrogen-bond acceptors (Lipinski definition) is 10. The summed E-state index contributed by atoms with van der Waals surface area (Å²) >= 11 is 0. The van der Waals surface area contributed by atoms with Gasteiger partial charge < -0.3 is 25.3 Å². The van der Waals surface area contributed by atoms with Gasteiger partial charge in [0.1, 0.15) is 5.84 Å². The van der Waals surface area contributed by atoms with E-state index in [-0.39, 0.29) is 42.1 Å². The molecule has 368 valence electrons. The highest BCUT2D eigenvalue weighted by Crippen LogP contribution is 2.71. The van der Waals surface area contributed by atoms with Crippen LogP contribution in [0.1, 0.15) is 178 Å². The highest BCUT2D eigenvalue weighted by atomic mass is 16.7. The zero-order valence-corrected chi connectivity index (χ0v) is 41.4. The van der Waals surface area contributed by atoms with E-state index in [2.05, 4.69) is 82.6 Å². The summed E-state index contributed by atoms with van der Waals surface area (Å²) in [5, 5.41) is 48.5. The number of aromatic amines is 1. The smallest absolute Gasteiger partial charge is 0.393 e. The molecule has 8 fully saturated rings. The molecule has 6 N–H and O–H groups in total. The number of aliphatic hydroxyl groups is 4. The van der Waals surface area contributed by atoms with Gasteiger partial charge in [0.25, 0.3) is 0 Å². The van der Waals surface area contributed by atoms with E-state index in [0.717, 1.165) is 76.5 Å². The third kappa shape index (κ3) is 7.94. The van der Waals surface area contributed by atoms with Crippen LogP contribution >= 0.6 is 0 Å². The van der Waals surface area contributed by atoms with E-state index in [9.17, 15) is 25.2 Å². The van der Waals surface area contributed by atoms with Gasteiger partial charge in [-0.05, 0) is 207 Å². The summed E-state index contributed by atoms with van der Waals surface area (Å²) in [7, 11) is 0. The molecule has 9 aliphatic rings. The van der Waals surface area contributed by atoms with Gasteiger partial charge in [-0.1, -0.05) is 73.4 Å². The van der Waals surface area contributed by atoms with E-state index in [1.54, 1.807) is 0 Å². The van der Waals surface area contributed by atoms with Gasteiger partial charge in [0.05, 0.1) is 24.4 Å². The molecule has 2 heterocycles. The lowest BCUT2D eigenvalue weighted by Crippen LogP contribution is -2.62. The Morgan fingerprint density at radius 3 is 1.62 bits per heavy atom. The molecule has 1 aromatic heterocycles. The number of nitrogens with one attached hydrogen (secondary N) is 2. The van der Waals surface area contributed by atoms with Crippen molar-refractivity contribution in [2.24, 2.45) is 110 Å². The Kier molecular flexibility index (Phi) is 13.2. The number of hydrogen-bond donors (Lipinski definition) is 6. The number of aromatic nitrogens is 2. The Morgan fingerprint density at radius 2 is 1.17 bits per heavy atom. The van der Waals surface area contributed by atoms with Crippen molar-refractivity contribution < 1.29 is 31.2 Å². The molecule has 6 unspecified atom stereocenters. The van der Waals surface area contributed by atoms with Crippen molar-refractivity contribution in [2.45, 2.75) is 202 Å². The van der Waals surface area contributed by atoms with E-state index in [1.807, 2.05) is 0 Å². The van der Waals surface area contributed by atoms with Gasteiger partial charge >= 0.3 is 5.76 Å². The summed E-state index contributed by atoms with van der Waals surface area (Å²) in [6.45, 7) is 23.0. The van der Waals surface area contributed by atoms with Crippen molar-refractivity contribution in [3.8, 4) is 0 Å². The highest BCUT2D eigenvalue weighted by molar-refractivity contribution is 5.83. The van der Waals surface area contributed by atoms with Crippen LogP contribution in [0.4, 0.5) is 0 Å². The third-order valence-electron chi connectivity index (χ3n) is 22.7. The van der Waals surface area contributed by atoms with Crippen LogP contribution in [0, 0.1) is 105 Å². The van der Waals surface area contributed by atoms with Crippen molar-refractivity contribution >= 4 is 5.84 Å². The van der Waals surface area contributed by atoms with Crippen molar-refractivity contribution in [3.63, 3.8) is 0 Å². The molecule has 1 aromatic rings. The topological polar surface area (TPSA) is 173 Å². The Labute approximate surface area is 391 Å². The molecule has 11 nitrogen and oxygen atoms in total. The van der Waals surface area contributed by atoms with E-state index in [0.29, 0.717) is 100.0 Å². The fourth-order valence-electron chi connectivity index (χ4n) is 19.6. The maximum Gasteiger partial charge on any atom is 0.438 e. The fraction of sp³-hybridized carbons (Fsp3) is 0.907. The van der Waals surface area contributed by atoms with E-state index >= 15 is 0 Å². The Hall–Kier alpha value is -2.21. The zero-order chi connectivity index (χ0) is 46.4. The lowest BCUT2D eigenvalue weighted by molar-refractivity contribution is -0.203. The summed E-state index contributed by atoms with van der Waals surface area (Å²) in [6, 6.07) is 0.